The van der Waals surface area contributed by atoms with Gasteiger partial charge in [-0.3, -0.25) is 9.59 Å². The fourth-order valence-corrected chi connectivity index (χ4v) is 4.00. The van der Waals surface area contributed by atoms with E-state index in [4.69, 9.17) is 0 Å². The Morgan fingerprint density at radius 1 is 0.920 bits per heavy atom. The number of para-hydroxylation sites is 1. The first-order chi connectivity index (χ1) is 12.0. The third-order valence-electron chi connectivity index (χ3n) is 4.01. The van der Waals surface area contributed by atoms with Gasteiger partial charge in [0, 0.05) is 6.54 Å². The van der Waals surface area contributed by atoms with E-state index in [-0.39, 0.29) is 21.7 Å². The number of benzene rings is 2. The Morgan fingerprint density at radius 2 is 1.48 bits per heavy atom. The van der Waals surface area contributed by atoms with Gasteiger partial charge in [0.2, 0.25) is 10.0 Å². The third-order valence-corrected chi connectivity index (χ3v) is 5.52. The lowest BCUT2D eigenvalue weighted by atomic mass is 10.1. The molecule has 1 aliphatic heterocycles. The number of unbranched alkanes of at least 4 members (excludes halogenated alkanes) is 1. The van der Waals surface area contributed by atoms with Gasteiger partial charge >= 0.3 is 0 Å². The van der Waals surface area contributed by atoms with Crippen LogP contribution >= 0.6 is 0 Å². The minimum absolute atomic E-state index is 0.0673. The average Bonchev–Trinajstić information content (AvgIpc) is 2.86. The lowest BCUT2D eigenvalue weighted by Gasteiger charge is -2.18. The molecule has 1 N–H and O–H groups in total. The molecular formula is C18H18N2O4S. The predicted octanol–water partition coefficient (Wildman–Crippen LogP) is 2.57. The molecule has 0 atom stereocenters. The molecule has 0 saturated heterocycles. The molecule has 1 heterocycles. The highest BCUT2D eigenvalue weighted by Crippen LogP contribution is 2.32. The van der Waals surface area contributed by atoms with Crippen LogP contribution in [0.25, 0.3) is 0 Å². The molecule has 0 spiro atoms. The average molecular weight is 358 g/mol. The molecule has 2 aromatic carbocycles. The number of nitrogens with zero attached hydrogens (tertiary/aromatic N) is 1. The van der Waals surface area contributed by atoms with Crippen molar-refractivity contribution in [3.8, 4) is 0 Å². The van der Waals surface area contributed by atoms with E-state index < -0.39 is 21.8 Å². The third kappa shape index (κ3) is 3.08. The molecule has 0 radical (unpaired) electrons. The number of sulfonamides is 1. The molecule has 7 heteroatoms. The first kappa shape index (κ1) is 17.3. The molecule has 0 bridgehead atoms. The summed E-state index contributed by atoms with van der Waals surface area (Å²) in [5, 5.41) is 0. The summed E-state index contributed by atoms with van der Waals surface area (Å²) in [7, 11) is -3.83. The summed E-state index contributed by atoms with van der Waals surface area (Å²) in [4.78, 5) is 26.1. The van der Waals surface area contributed by atoms with Gasteiger partial charge in [-0.05, 0) is 30.7 Å². The van der Waals surface area contributed by atoms with Crippen LogP contribution in [0.3, 0.4) is 0 Å². The molecule has 0 fully saturated rings. The van der Waals surface area contributed by atoms with Gasteiger partial charge in [0.15, 0.2) is 0 Å². The van der Waals surface area contributed by atoms with Crippen LogP contribution in [0.15, 0.2) is 53.4 Å². The highest BCUT2D eigenvalue weighted by Gasteiger charge is 2.38. The Hall–Kier alpha value is -2.51. The van der Waals surface area contributed by atoms with Crippen LogP contribution < -0.4 is 9.62 Å². The Balaban J connectivity index is 2.03. The Bertz CT molecular complexity index is 903. The van der Waals surface area contributed by atoms with Crippen molar-refractivity contribution >= 4 is 27.5 Å². The smallest absolute Gasteiger partial charge is 0.266 e. The fourth-order valence-electron chi connectivity index (χ4n) is 2.74. The lowest BCUT2D eigenvalue weighted by Crippen LogP contribution is -2.33. The zero-order valence-electron chi connectivity index (χ0n) is 13.7. The van der Waals surface area contributed by atoms with Crippen LogP contribution in [-0.4, -0.2) is 26.8 Å². The van der Waals surface area contributed by atoms with Crippen LogP contribution in [0.4, 0.5) is 5.69 Å². The van der Waals surface area contributed by atoms with Crippen molar-refractivity contribution in [2.24, 2.45) is 0 Å². The maximum absolute atomic E-state index is 12.6. The number of fused-ring (bicyclic) bond motifs is 1. The van der Waals surface area contributed by atoms with Crippen LogP contribution in [0, 0.1) is 0 Å². The minimum atomic E-state index is -3.83. The van der Waals surface area contributed by atoms with E-state index in [0.29, 0.717) is 13.0 Å². The summed E-state index contributed by atoms with van der Waals surface area (Å²) >= 11 is 0. The summed E-state index contributed by atoms with van der Waals surface area (Å²) in [5.74, 6) is -1.03. The Labute approximate surface area is 146 Å². The summed E-state index contributed by atoms with van der Waals surface area (Å²) in [6, 6.07) is 12.5. The molecule has 0 aromatic heterocycles. The second kappa shape index (κ2) is 6.78. The van der Waals surface area contributed by atoms with E-state index in [2.05, 4.69) is 4.72 Å². The zero-order valence-corrected chi connectivity index (χ0v) is 14.5. The summed E-state index contributed by atoms with van der Waals surface area (Å²) in [5.41, 5.74) is 0.620. The van der Waals surface area contributed by atoms with E-state index in [1.807, 2.05) is 6.92 Å². The van der Waals surface area contributed by atoms with E-state index in [0.717, 1.165) is 11.3 Å². The summed E-state index contributed by atoms with van der Waals surface area (Å²) < 4.78 is 27.7. The maximum Gasteiger partial charge on any atom is 0.266 e. The Kier molecular flexibility index (Phi) is 4.69. The molecule has 130 valence electrons. The molecule has 3 rings (SSSR count). The second-order valence-corrected chi connectivity index (χ2v) is 7.45. The summed E-state index contributed by atoms with van der Waals surface area (Å²) in [6.07, 6.45) is 1.55. The Morgan fingerprint density at radius 3 is 2.08 bits per heavy atom. The number of carbonyl (C=O) groups is 2. The number of hydrogen-bond acceptors (Lipinski definition) is 4. The van der Waals surface area contributed by atoms with Crippen LogP contribution in [-0.2, 0) is 10.0 Å². The molecule has 0 saturated carbocycles. The molecule has 2 amide bonds. The van der Waals surface area contributed by atoms with Crippen molar-refractivity contribution in [2.45, 2.75) is 24.7 Å². The van der Waals surface area contributed by atoms with Gasteiger partial charge in [-0.2, -0.15) is 0 Å². The van der Waals surface area contributed by atoms with E-state index in [1.54, 1.807) is 36.4 Å². The molecule has 0 aliphatic carbocycles. The fraction of sp³-hybridized carbons (Fsp3) is 0.222. The van der Waals surface area contributed by atoms with Crippen LogP contribution in [0.1, 0.15) is 40.5 Å². The molecule has 25 heavy (non-hydrogen) atoms. The molecular weight excluding hydrogens is 340 g/mol. The van der Waals surface area contributed by atoms with Crippen LogP contribution in [0.2, 0.25) is 0 Å². The number of amides is 2. The van der Waals surface area contributed by atoms with Crippen molar-refractivity contribution < 1.29 is 18.0 Å². The standard InChI is InChI=1S/C18H18N2O4S/c1-2-3-12-19-25(23,24)16-11-7-6-10-15(16)20-17(21)13-8-4-5-9-14(13)18(20)22/h4-11,19H,2-3,12H2,1H3. The predicted molar refractivity (Wildman–Crippen MR) is 94.1 cm³/mol. The highest BCUT2D eigenvalue weighted by molar-refractivity contribution is 7.89. The molecule has 1 aliphatic rings. The molecule has 2 aromatic rings. The number of rotatable bonds is 6. The van der Waals surface area contributed by atoms with Gasteiger partial charge in [-0.1, -0.05) is 37.6 Å². The van der Waals surface area contributed by atoms with Gasteiger partial charge in [0.25, 0.3) is 11.8 Å². The summed E-state index contributed by atoms with van der Waals surface area (Å²) in [6.45, 7) is 2.26. The van der Waals surface area contributed by atoms with Crippen LogP contribution in [0.5, 0.6) is 0 Å². The molecule has 0 unspecified atom stereocenters. The number of carbonyl (C=O) groups excluding carboxylic acids is 2. The number of nitrogens with one attached hydrogen (secondary N) is 1. The van der Waals surface area contributed by atoms with Gasteiger partial charge in [0.05, 0.1) is 16.8 Å². The number of imide groups is 1. The van der Waals surface area contributed by atoms with Gasteiger partial charge in [-0.25, -0.2) is 18.0 Å². The van der Waals surface area contributed by atoms with Gasteiger partial charge in [-0.15, -0.1) is 0 Å². The second-order valence-electron chi connectivity index (χ2n) is 5.71. The topological polar surface area (TPSA) is 83.6 Å². The minimum Gasteiger partial charge on any atom is -0.268 e. The monoisotopic (exact) mass is 358 g/mol. The lowest BCUT2D eigenvalue weighted by molar-refractivity contribution is 0.0925. The largest absolute Gasteiger partial charge is 0.268 e. The quantitative estimate of drug-likeness (QED) is 0.635. The number of hydrogen-bond donors (Lipinski definition) is 1. The first-order valence-electron chi connectivity index (χ1n) is 8.04. The van der Waals surface area contributed by atoms with E-state index >= 15 is 0 Å². The highest BCUT2D eigenvalue weighted by atomic mass is 32.2. The van der Waals surface area contributed by atoms with Crippen molar-refractivity contribution in [1.82, 2.24) is 4.72 Å². The van der Waals surface area contributed by atoms with Crippen molar-refractivity contribution in [1.29, 1.82) is 0 Å². The van der Waals surface area contributed by atoms with Gasteiger partial charge in [0.1, 0.15) is 4.90 Å². The van der Waals surface area contributed by atoms with Crippen molar-refractivity contribution in [3.05, 3.63) is 59.7 Å². The maximum atomic E-state index is 12.6. The molecule has 6 nitrogen and oxygen atoms in total. The number of anilines is 1. The van der Waals surface area contributed by atoms with Crippen molar-refractivity contribution in [2.75, 3.05) is 11.4 Å². The van der Waals surface area contributed by atoms with Gasteiger partial charge < -0.3 is 0 Å². The zero-order chi connectivity index (χ0) is 18.0. The normalized spacial score (nSPS) is 14.0. The first-order valence-corrected chi connectivity index (χ1v) is 9.52. The SMILES string of the molecule is CCCCNS(=O)(=O)c1ccccc1N1C(=O)c2ccccc2C1=O. The van der Waals surface area contributed by atoms with E-state index in [1.165, 1.54) is 12.1 Å². The van der Waals surface area contributed by atoms with E-state index in [9.17, 15) is 18.0 Å². The van der Waals surface area contributed by atoms with Crippen molar-refractivity contribution in [3.63, 3.8) is 0 Å².